The van der Waals surface area contributed by atoms with Crippen LogP contribution < -0.4 is 10.4 Å². The van der Waals surface area contributed by atoms with Gasteiger partial charge in [-0.05, 0) is 43.4 Å². The van der Waals surface area contributed by atoms with Crippen molar-refractivity contribution >= 4 is 17.6 Å². The molecule has 0 saturated carbocycles. The number of carboxylic acid groups (broad SMARTS) is 2. The summed E-state index contributed by atoms with van der Waals surface area (Å²) < 4.78 is 0.930. The van der Waals surface area contributed by atoms with Crippen LogP contribution in [-0.2, 0) is 17.8 Å². The first-order valence-corrected chi connectivity index (χ1v) is 11.6. The number of quaternary nitrogens is 1. The zero-order valence-corrected chi connectivity index (χ0v) is 19.1. The first-order valence-electron chi connectivity index (χ1n) is 11.6. The van der Waals surface area contributed by atoms with Gasteiger partial charge >= 0.3 is 0 Å². The molecule has 6 nitrogen and oxygen atoms in total. The third-order valence-corrected chi connectivity index (χ3v) is 5.85. The first kappa shape index (κ1) is 25.4. The second-order valence-corrected chi connectivity index (χ2v) is 8.61. The fourth-order valence-electron chi connectivity index (χ4n) is 4.33. The van der Waals surface area contributed by atoms with Gasteiger partial charge in [-0.3, -0.25) is 4.79 Å². The van der Waals surface area contributed by atoms with E-state index < -0.39 is 6.16 Å². The van der Waals surface area contributed by atoms with E-state index in [2.05, 4.69) is 66.8 Å². The predicted octanol–water partition coefficient (Wildman–Crippen LogP) is 4.10. The van der Waals surface area contributed by atoms with Crippen molar-refractivity contribution in [3.8, 4) is 0 Å². The lowest BCUT2D eigenvalue weighted by molar-refractivity contribution is -0.937. The normalized spacial score (nSPS) is 14.7. The van der Waals surface area contributed by atoms with E-state index in [-0.39, 0.29) is 0 Å². The third kappa shape index (κ3) is 9.52. The van der Waals surface area contributed by atoms with E-state index in [1.165, 1.54) is 37.7 Å². The Morgan fingerprint density at radius 3 is 2.19 bits per heavy atom. The number of ketones is 1. The minimum atomic E-state index is -2.08. The lowest BCUT2D eigenvalue weighted by Crippen LogP contribution is -2.53. The van der Waals surface area contributed by atoms with Crippen LogP contribution in [-0.4, -0.2) is 47.7 Å². The van der Waals surface area contributed by atoms with Crippen LogP contribution in [0.25, 0.3) is 0 Å². The molecule has 174 valence electrons. The summed E-state index contributed by atoms with van der Waals surface area (Å²) in [5, 5.41) is 18.7. The highest BCUT2D eigenvalue weighted by atomic mass is 16.6. The fourth-order valence-corrected chi connectivity index (χ4v) is 4.33. The monoisotopic (exact) mass is 440 g/mol. The van der Waals surface area contributed by atoms with E-state index >= 15 is 0 Å². The van der Waals surface area contributed by atoms with E-state index in [0.29, 0.717) is 18.7 Å². The second kappa shape index (κ2) is 13.5. The van der Waals surface area contributed by atoms with Gasteiger partial charge in [0.1, 0.15) is 13.1 Å². The number of Topliss-reactive ketones (excluding diaryl/α,β-unsaturated/α-hetero) is 1. The Morgan fingerprint density at radius 1 is 0.969 bits per heavy atom. The van der Waals surface area contributed by atoms with Crippen molar-refractivity contribution in [2.45, 2.75) is 52.0 Å². The first-order chi connectivity index (χ1) is 15.4. The number of carbonyl (C=O) groups excluding carboxylic acids is 1. The van der Waals surface area contributed by atoms with Gasteiger partial charge in [0, 0.05) is 24.2 Å². The highest BCUT2D eigenvalue weighted by Crippen LogP contribution is 2.23. The number of hydrogen-bond acceptors (Lipinski definition) is 4. The highest BCUT2D eigenvalue weighted by Gasteiger charge is 2.32. The highest BCUT2D eigenvalue weighted by molar-refractivity contribution is 5.82. The van der Waals surface area contributed by atoms with Gasteiger partial charge in [-0.15, -0.1) is 0 Å². The molecular formula is C26H36N2O4. The van der Waals surface area contributed by atoms with Crippen LogP contribution >= 0.6 is 0 Å². The van der Waals surface area contributed by atoms with Gasteiger partial charge in [0.25, 0.3) is 0 Å². The number of likely N-dealkylation sites (tertiary alicyclic amines) is 1. The average molecular weight is 441 g/mol. The van der Waals surface area contributed by atoms with Crippen LogP contribution in [0.5, 0.6) is 0 Å². The Morgan fingerprint density at radius 2 is 1.59 bits per heavy atom. The summed E-state index contributed by atoms with van der Waals surface area (Å²) in [4.78, 5) is 21.4. The zero-order valence-electron chi connectivity index (χ0n) is 19.1. The molecule has 2 aromatic carbocycles. The number of unbranched alkanes of at least 4 members (excludes halogenated alkanes) is 1. The molecule has 1 aliphatic rings. The number of rotatable bonds is 10. The fraction of sp³-hybridized carbons (Fsp3) is 0.462. The zero-order chi connectivity index (χ0) is 23.2. The van der Waals surface area contributed by atoms with Gasteiger partial charge in [0.2, 0.25) is 6.16 Å². The molecule has 6 heteroatoms. The molecular weight excluding hydrogens is 404 g/mol. The van der Waals surface area contributed by atoms with Crippen molar-refractivity contribution < 1.29 is 24.3 Å². The molecule has 0 amide bonds. The molecule has 0 aliphatic carbocycles. The molecule has 0 bridgehead atoms. The van der Waals surface area contributed by atoms with E-state index in [4.69, 9.17) is 15.0 Å². The minimum Gasteiger partial charge on any atom is -0.565 e. The van der Waals surface area contributed by atoms with Crippen LogP contribution in [0, 0.1) is 0 Å². The summed E-state index contributed by atoms with van der Waals surface area (Å²) in [5.74, 6) is 0.365. The van der Waals surface area contributed by atoms with E-state index in [0.717, 1.165) is 41.9 Å². The lowest BCUT2D eigenvalue weighted by Gasteiger charge is -2.41. The SMILES string of the molecule is CCCCNc1ccc(CC(=O)C[N+]2(Cc3ccccc3)CCCCC2)cc1.O=C([O-])O. The number of nitrogens with one attached hydrogen (secondary N) is 1. The molecule has 1 saturated heterocycles. The topological polar surface area (TPSA) is 89.5 Å². The smallest absolute Gasteiger partial charge is 0.249 e. The Kier molecular flexibility index (Phi) is 10.7. The van der Waals surface area contributed by atoms with Crippen LogP contribution in [0.4, 0.5) is 10.5 Å². The lowest BCUT2D eigenvalue weighted by atomic mass is 10.0. The molecule has 2 N–H and O–H groups in total. The Bertz CT molecular complexity index is 811. The van der Waals surface area contributed by atoms with Crippen LogP contribution in [0.3, 0.4) is 0 Å². The Labute approximate surface area is 191 Å². The summed E-state index contributed by atoms with van der Waals surface area (Å²) in [6.07, 6.45) is 4.61. The van der Waals surface area contributed by atoms with Crippen molar-refractivity contribution in [3.63, 3.8) is 0 Å². The van der Waals surface area contributed by atoms with Crippen molar-refractivity contribution in [3.05, 3.63) is 65.7 Å². The number of benzene rings is 2. The van der Waals surface area contributed by atoms with Gasteiger partial charge in [0.05, 0.1) is 13.1 Å². The molecule has 3 rings (SSSR count). The quantitative estimate of drug-likeness (QED) is 0.429. The van der Waals surface area contributed by atoms with Crippen LogP contribution in [0.15, 0.2) is 54.6 Å². The van der Waals surface area contributed by atoms with Crippen molar-refractivity contribution in [2.24, 2.45) is 0 Å². The molecule has 1 heterocycles. The second-order valence-electron chi connectivity index (χ2n) is 8.61. The summed E-state index contributed by atoms with van der Waals surface area (Å²) in [6.45, 7) is 7.10. The van der Waals surface area contributed by atoms with E-state index in [9.17, 15) is 4.79 Å². The molecule has 0 aromatic heterocycles. The van der Waals surface area contributed by atoms with Crippen molar-refractivity contribution in [1.82, 2.24) is 0 Å². The molecule has 0 atom stereocenters. The third-order valence-electron chi connectivity index (χ3n) is 5.85. The maximum Gasteiger partial charge on any atom is 0.249 e. The van der Waals surface area contributed by atoms with Crippen LogP contribution in [0.1, 0.15) is 50.2 Å². The number of carbonyl (C=O) groups is 2. The molecule has 0 radical (unpaired) electrons. The molecule has 32 heavy (non-hydrogen) atoms. The average Bonchev–Trinajstić information content (AvgIpc) is 2.76. The maximum absolute atomic E-state index is 12.9. The molecule has 1 fully saturated rings. The molecule has 1 aliphatic heterocycles. The standard InChI is InChI=1S/C25H35N2O.CH2O3/c1-2-3-16-26-24-14-12-22(13-15-24)19-25(28)21-27(17-8-5-9-18-27)20-23-10-6-4-7-11-23;2-1(3)4/h4,6-7,10-15,26H,2-3,5,8-9,16-21H2,1H3;(H2,2,3,4)/q+1;/p-1. The summed E-state index contributed by atoms with van der Waals surface area (Å²) in [7, 11) is 0. The Hall–Kier alpha value is -2.86. The molecule has 0 spiro atoms. The predicted molar refractivity (Wildman–Crippen MR) is 125 cm³/mol. The van der Waals surface area contributed by atoms with Gasteiger partial charge in [-0.1, -0.05) is 55.8 Å². The van der Waals surface area contributed by atoms with Gasteiger partial charge < -0.3 is 24.8 Å². The molecule has 0 unspecified atom stereocenters. The van der Waals surface area contributed by atoms with Crippen molar-refractivity contribution in [1.29, 1.82) is 0 Å². The number of hydrogen-bond donors (Lipinski definition) is 2. The van der Waals surface area contributed by atoms with Gasteiger partial charge in [-0.2, -0.15) is 0 Å². The maximum atomic E-state index is 12.9. The summed E-state index contributed by atoms with van der Waals surface area (Å²) in [5.41, 5.74) is 3.62. The van der Waals surface area contributed by atoms with E-state index in [1.54, 1.807) is 0 Å². The van der Waals surface area contributed by atoms with Crippen LogP contribution in [0.2, 0.25) is 0 Å². The summed E-state index contributed by atoms with van der Waals surface area (Å²) in [6, 6.07) is 19.1. The van der Waals surface area contributed by atoms with Crippen molar-refractivity contribution in [2.75, 3.05) is 31.5 Å². The summed E-state index contributed by atoms with van der Waals surface area (Å²) >= 11 is 0. The minimum absolute atomic E-state index is 0.365. The van der Waals surface area contributed by atoms with Gasteiger partial charge in [0.15, 0.2) is 5.78 Å². The van der Waals surface area contributed by atoms with E-state index in [1.807, 2.05) is 0 Å². The largest absolute Gasteiger partial charge is 0.565 e. The number of piperidine rings is 1. The number of anilines is 1. The van der Waals surface area contributed by atoms with Gasteiger partial charge in [-0.25, -0.2) is 0 Å². The number of nitrogens with zero attached hydrogens (tertiary/aromatic N) is 1. The Balaban J connectivity index is 0.000000837. The molecule has 2 aromatic rings.